The minimum atomic E-state index is 0.151. The van der Waals surface area contributed by atoms with E-state index in [-0.39, 0.29) is 19.2 Å². The van der Waals surface area contributed by atoms with Crippen LogP contribution in [-0.4, -0.2) is 47.4 Å². The smallest absolute Gasteiger partial charge is 0.222 e. The Bertz CT molecular complexity index is 760. The van der Waals surface area contributed by atoms with Gasteiger partial charge in [-0.05, 0) is 18.8 Å². The SMILES string of the molecule is CCCCC(CCO)CNc1nc(N)ncc1OCc1nccc(OC)c1OC. The second kappa shape index (κ2) is 11.9. The molecule has 0 saturated carbocycles. The van der Waals surface area contributed by atoms with Gasteiger partial charge in [0.1, 0.15) is 12.3 Å². The molecule has 0 amide bonds. The number of hydrogen-bond donors (Lipinski definition) is 3. The average Bonchev–Trinajstić information content (AvgIpc) is 2.74. The number of anilines is 2. The van der Waals surface area contributed by atoms with Gasteiger partial charge in [-0.2, -0.15) is 4.98 Å². The minimum absolute atomic E-state index is 0.151. The average molecular weight is 405 g/mol. The number of hydrogen-bond acceptors (Lipinski definition) is 9. The highest BCUT2D eigenvalue weighted by molar-refractivity contribution is 5.51. The Hall–Kier alpha value is -2.81. The lowest BCUT2D eigenvalue weighted by molar-refractivity contribution is 0.254. The second-order valence-corrected chi connectivity index (χ2v) is 6.62. The van der Waals surface area contributed by atoms with Gasteiger partial charge in [0.15, 0.2) is 23.1 Å². The summed E-state index contributed by atoms with van der Waals surface area (Å²) in [4.78, 5) is 12.6. The number of aliphatic hydroxyl groups excluding tert-OH is 1. The van der Waals surface area contributed by atoms with Crippen LogP contribution in [0.15, 0.2) is 18.5 Å². The molecule has 9 nitrogen and oxygen atoms in total. The Balaban J connectivity index is 2.10. The van der Waals surface area contributed by atoms with Crippen LogP contribution < -0.4 is 25.3 Å². The zero-order chi connectivity index (χ0) is 21.1. The van der Waals surface area contributed by atoms with Gasteiger partial charge in [0.25, 0.3) is 0 Å². The number of nitrogens with zero attached hydrogens (tertiary/aromatic N) is 3. The Morgan fingerprint density at radius 2 is 2.00 bits per heavy atom. The molecule has 0 spiro atoms. The highest BCUT2D eigenvalue weighted by atomic mass is 16.5. The molecule has 2 aromatic rings. The first kappa shape index (κ1) is 22.5. The Morgan fingerprint density at radius 3 is 2.69 bits per heavy atom. The number of aromatic nitrogens is 3. The second-order valence-electron chi connectivity index (χ2n) is 6.62. The van der Waals surface area contributed by atoms with Gasteiger partial charge in [-0.25, -0.2) is 4.98 Å². The zero-order valence-corrected chi connectivity index (χ0v) is 17.4. The van der Waals surface area contributed by atoms with E-state index in [9.17, 15) is 5.11 Å². The molecule has 1 atom stereocenters. The van der Waals surface area contributed by atoms with Crippen LogP contribution in [0.4, 0.5) is 11.8 Å². The fraction of sp³-hybridized carbons (Fsp3) is 0.550. The third-order valence-corrected chi connectivity index (χ3v) is 4.57. The third kappa shape index (κ3) is 6.63. The highest BCUT2D eigenvalue weighted by Crippen LogP contribution is 2.31. The van der Waals surface area contributed by atoms with Crippen molar-refractivity contribution in [2.24, 2.45) is 5.92 Å². The van der Waals surface area contributed by atoms with Gasteiger partial charge in [0, 0.05) is 25.4 Å². The summed E-state index contributed by atoms with van der Waals surface area (Å²) in [5, 5.41) is 12.6. The molecule has 1 unspecified atom stereocenters. The van der Waals surface area contributed by atoms with Crippen LogP contribution in [0.25, 0.3) is 0 Å². The summed E-state index contributed by atoms with van der Waals surface area (Å²) in [6.45, 7) is 3.13. The number of nitrogens with one attached hydrogen (secondary N) is 1. The first-order valence-electron chi connectivity index (χ1n) is 9.78. The van der Waals surface area contributed by atoms with Crippen LogP contribution in [0.3, 0.4) is 0 Å². The van der Waals surface area contributed by atoms with Crippen LogP contribution in [0.1, 0.15) is 38.3 Å². The summed E-state index contributed by atoms with van der Waals surface area (Å²) in [5.41, 5.74) is 6.35. The number of pyridine rings is 1. The van der Waals surface area contributed by atoms with Crippen LogP contribution in [0.5, 0.6) is 17.2 Å². The van der Waals surface area contributed by atoms with E-state index in [1.54, 1.807) is 26.5 Å². The van der Waals surface area contributed by atoms with Gasteiger partial charge in [0.05, 0.1) is 20.4 Å². The van der Waals surface area contributed by atoms with Gasteiger partial charge in [0.2, 0.25) is 5.95 Å². The van der Waals surface area contributed by atoms with Crippen LogP contribution in [0, 0.1) is 5.92 Å². The van der Waals surface area contributed by atoms with Crippen molar-refractivity contribution in [1.82, 2.24) is 15.0 Å². The largest absolute Gasteiger partial charge is 0.493 e. The van der Waals surface area contributed by atoms with Gasteiger partial charge >= 0.3 is 0 Å². The molecule has 0 fully saturated rings. The number of methoxy groups -OCH3 is 2. The first-order chi connectivity index (χ1) is 14.1. The molecule has 0 aliphatic carbocycles. The maximum Gasteiger partial charge on any atom is 0.222 e. The van der Waals surface area contributed by atoms with Crippen molar-refractivity contribution in [3.05, 3.63) is 24.2 Å². The van der Waals surface area contributed by atoms with Crippen molar-refractivity contribution < 1.29 is 19.3 Å². The number of nitrogens with two attached hydrogens (primary N) is 1. The molecule has 2 rings (SSSR count). The molecule has 9 heteroatoms. The molecule has 4 N–H and O–H groups in total. The number of rotatable bonds is 13. The Morgan fingerprint density at radius 1 is 1.17 bits per heavy atom. The summed E-state index contributed by atoms with van der Waals surface area (Å²) in [5.74, 6) is 2.57. The fourth-order valence-electron chi connectivity index (χ4n) is 2.98. The van der Waals surface area contributed by atoms with E-state index in [1.165, 1.54) is 6.20 Å². The van der Waals surface area contributed by atoms with Gasteiger partial charge in [-0.15, -0.1) is 0 Å². The molecule has 2 aromatic heterocycles. The highest BCUT2D eigenvalue weighted by Gasteiger charge is 2.15. The lowest BCUT2D eigenvalue weighted by Crippen LogP contribution is -2.18. The Labute approximate surface area is 171 Å². The van der Waals surface area contributed by atoms with E-state index in [0.717, 1.165) is 25.7 Å². The summed E-state index contributed by atoms with van der Waals surface area (Å²) in [6, 6.07) is 1.72. The normalized spacial score (nSPS) is 11.7. The predicted molar refractivity (Wildman–Crippen MR) is 111 cm³/mol. The molecule has 0 aromatic carbocycles. The van der Waals surface area contributed by atoms with E-state index in [0.29, 0.717) is 41.2 Å². The lowest BCUT2D eigenvalue weighted by atomic mass is 9.99. The molecule has 0 aliphatic rings. The lowest BCUT2D eigenvalue weighted by Gasteiger charge is -2.18. The summed E-state index contributed by atoms with van der Waals surface area (Å²) < 4.78 is 16.6. The molecule has 0 radical (unpaired) electrons. The topological polar surface area (TPSA) is 125 Å². The zero-order valence-electron chi connectivity index (χ0n) is 17.4. The van der Waals surface area contributed by atoms with Crippen molar-refractivity contribution in [3.8, 4) is 17.2 Å². The van der Waals surface area contributed by atoms with E-state index < -0.39 is 0 Å². The minimum Gasteiger partial charge on any atom is -0.493 e. The summed E-state index contributed by atoms with van der Waals surface area (Å²) in [7, 11) is 3.12. The molecular formula is C20H31N5O4. The molecule has 0 saturated heterocycles. The van der Waals surface area contributed by atoms with Crippen molar-refractivity contribution in [1.29, 1.82) is 0 Å². The summed E-state index contributed by atoms with van der Waals surface area (Å²) >= 11 is 0. The standard InChI is InChI=1S/C20H31N5O4/c1-4-5-6-14(8-10-26)11-23-19-17(12-24-20(21)25-19)29-13-15-18(28-3)16(27-2)7-9-22-15/h7,9,12,14,26H,4-6,8,10-11,13H2,1-3H3,(H3,21,23,24,25). The molecule has 2 heterocycles. The van der Waals surface area contributed by atoms with Crippen LogP contribution in [0.2, 0.25) is 0 Å². The predicted octanol–water partition coefficient (Wildman–Crippen LogP) is 2.65. The van der Waals surface area contributed by atoms with Crippen LogP contribution >= 0.6 is 0 Å². The van der Waals surface area contributed by atoms with Crippen molar-refractivity contribution in [3.63, 3.8) is 0 Å². The molecular weight excluding hydrogens is 374 g/mol. The quantitative estimate of drug-likeness (QED) is 0.461. The van der Waals surface area contributed by atoms with Gasteiger partial charge < -0.3 is 30.4 Å². The first-order valence-corrected chi connectivity index (χ1v) is 9.78. The number of nitrogen functional groups attached to an aromatic ring is 1. The van der Waals surface area contributed by atoms with Crippen molar-refractivity contribution in [2.75, 3.05) is 38.4 Å². The van der Waals surface area contributed by atoms with Gasteiger partial charge in [-0.3, -0.25) is 4.98 Å². The van der Waals surface area contributed by atoms with E-state index in [1.807, 2.05) is 0 Å². The third-order valence-electron chi connectivity index (χ3n) is 4.57. The molecule has 0 aliphatic heterocycles. The molecule has 29 heavy (non-hydrogen) atoms. The number of aliphatic hydroxyl groups is 1. The van der Waals surface area contributed by atoms with E-state index in [2.05, 4.69) is 27.2 Å². The molecule has 0 bridgehead atoms. The number of ether oxygens (including phenoxy) is 3. The van der Waals surface area contributed by atoms with Crippen molar-refractivity contribution >= 4 is 11.8 Å². The number of unbranched alkanes of at least 4 members (excludes halogenated alkanes) is 1. The van der Waals surface area contributed by atoms with E-state index >= 15 is 0 Å². The fourth-order valence-corrected chi connectivity index (χ4v) is 2.98. The van der Waals surface area contributed by atoms with Gasteiger partial charge in [-0.1, -0.05) is 19.8 Å². The van der Waals surface area contributed by atoms with E-state index in [4.69, 9.17) is 19.9 Å². The maximum absolute atomic E-state index is 9.31. The summed E-state index contributed by atoms with van der Waals surface area (Å²) in [6.07, 6.45) is 7.16. The maximum atomic E-state index is 9.31. The molecule has 160 valence electrons. The van der Waals surface area contributed by atoms with Crippen molar-refractivity contribution in [2.45, 2.75) is 39.2 Å². The monoisotopic (exact) mass is 405 g/mol. The van der Waals surface area contributed by atoms with Crippen LogP contribution in [-0.2, 0) is 6.61 Å². The Kier molecular flexibility index (Phi) is 9.23.